The van der Waals surface area contributed by atoms with E-state index >= 15 is 0 Å². The summed E-state index contributed by atoms with van der Waals surface area (Å²) in [7, 11) is -4.15. The Kier molecular flexibility index (Phi) is 6.53. The number of allylic oxidation sites excluding steroid dienone is 1. The molecule has 0 heterocycles. The van der Waals surface area contributed by atoms with Crippen LogP contribution in [-0.4, -0.2) is 30.2 Å². The van der Waals surface area contributed by atoms with Crippen LogP contribution in [0.25, 0.3) is 0 Å². The summed E-state index contributed by atoms with van der Waals surface area (Å²) in [4.78, 5) is 12.2. The maximum Gasteiger partial charge on any atom is 0.267 e. The standard InChI is InChI=1S/C17H25NO4S/c1-13(15-8-6-5-7-9-15)10-11-14(2)16(19)18-17(3,4)12-23(20,21)22/h5-11,13-14H,12H2,1-4H3,(H,18,19)(H,20,21,22). The molecule has 0 radical (unpaired) electrons. The van der Waals surface area contributed by atoms with E-state index < -0.39 is 27.3 Å². The Balaban J connectivity index is 2.65. The van der Waals surface area contributed by atoms with E-state index in [1.165, 1.54) is 0 Å². The largest absolute Gasteiger partial charge is 0.350 e. The van der Waals surface area contributed by atoms with Gasteiger partial charge in [0.15, 0.2) is 0 Å². The van der Waals surface area contributed by atoms with Crippen molar-refractivity contribution in [1.82, 2.24) is 5.32 Å². The minimum atomic E-state index is -4.15. The lowest BCUT2D eigenvalue weighted by atomic mass is 9.98. The van der Waals surface area contributed by atoms with Gasteiger partial charge in [-0.25, -0.2) is 0 Å². The van der Waals surface area contributed by atoms with E-state index in [2.05, 4.69) is 5.32 Å². The number of carbonyl (C=O) groups is 1. The molecular formula is C17H25NO4S. The van der Waals surface area contributed by atoms with E-state index in [4.69, 9.17) is 4.55 Å². The van der Waals surface area contributed by atoms with Gasteiger partial charge in [-0.05, 0) is 25.3 Å². The molecule has 2 atom stereocenters. The molecule has 2 unspecified atom stereocenters. The molecule has 0 aliphatic carbocycles. The van der Waals surface area contributed by atoms with Crippen molar-refractivity contribution < 1.29 is 17.8 Å². The van der Waals surface area contributed by atoms with Crippen LogP contribution in [0.15, 0.2) is 42.5 Å². The lowest BCUT2D eigenvalue weighted by molar-refractivity contribution is -0.124. The molecule has 1 rings (SSSR count). The van der Waals surface area contributed by atoms with E-state index in [0.29, 0.717) is 0 Å². The third-order valence-electron chi connectivity index (χ3n) is 3.43. The topological polar surface area (TPSA) is 83.5 Å². The maximum absolute atomic E-state index is 12.2. The van der Waals surface area contributed by atoms with Crippen LogP contribution in [0.2, 0.25) is 0 Å². The molecule has 1 amide bonds. The molecule has 0 fully saturated rings. The third kappa shape index (κ3) is 7.43. The summed E-state index contributed by atoms with van der Waals surface area (Å²) in [5, 5.41) is 2.65. The first-order valence-corrected chi connectivity index (χ1v) is 9.11. The Morgan fingerprint density at radius 1 is 1.22 bits per heavy atom. The Labute approximate surface area is 138 Å². The quantitative estimate of drug-likeness (QED) is 0.591. The molecule has 0 aliphatic rings. The predicted molar refractivity (Wildman–Crippen MR) is 91.8 cm³/mol. The lowest BCUT2D eigenvalue weighted by Crippen LogP contribution is -2.49. The van der Waals surface area contributed by atoms with Crippen molar-refractivity contribution in [2.24, 2.45) is 5.92 Å². The van der Waals surface area contributed by atoms with Gasteiger partial charge in [0, 0.05) is 0 Å². The number of nitrogens with one attached hydrogen (secondary N) is 1. The normalized spacial score (nSPS) is 15.3. The summed E-state index contributed by atoms with van der Waals surface area (Å²) in [6.45, 7) is 6.90. The number of hydrogen-bond acceptors (Lipinski definition) is 3. The van der Waals surface area contributed by atoms with Crippen LogP contribution in [0.5, 0.6) is 0 Å². The fourth-order valence-corrected chi connectivity index (χ4v) is 3.21. The van der Waals surface area contributed by atoms with Gasteiger partial charge in [-0.2, -0.15) is 8.42 Å². The van der Waals surface area contributed by atoms with Crippen LogP contribution in [0, 0.1) is 5.92 Å². The zero-order valence-corrected chi connectivity index (χ0v) is 14.8. The van der Waals surface area contributed by atoms with E-state index in [1.807, 2.05) is 43.3 Å². The van der Waals surface area contributed by atoms with Gasteiger partial charge in [0.2, 0.25) is 5.91 Å². The minimum Gasteiger partial charge on any atom is -0.350 e. The minimum absolute atomic E-state index is 0.178. The van der Waals surface area contributed by atoms with Crippen molar-refractivity contribution in [2.75, 3.05) is 5.75 Å². The summed E-state index contributed by atoms with van der Waals surface area (Å²) in [6.07, 6.45) is 3.76. The first-order chi connectivity index (χ1) is 10.5. The van der Waals surface area contributed by atoms with Gasteiger partial charge >= 0.3 is 0 Å². The van der Waals surface area contributed by atoms with E-state index in [1.54, 1.807) is 26.8 Å². The highest BCUT2D eigenvalue weighted by Crippen LogP contribution is 2.17. The summed E-state index contributed by atoms with van der Waals surface area (Å²) in [5.74, 6) is -1.03. The molecule has 128 valence electrons. The third-order valence-corrected chi connectivity index (χ3v) is 4.52. The van der Waals surface area contributed by atoms with Gasteiger partial charge in [0.25, 0.3) is 10.1 Å². The van der Waals surface area contributed by atoms with E-state index in [9.17, 15) is 13.2 Å². The Bertz CT molecular complexity index is 650. The molecule has 0 saturated heterocycles. The summed E-state index contributed by atoms with van der Waals surface area (Å²) in [5.41, 5.74) is 0.126. The van der Waals surface area contributed by atoms with Gasteiger partial charge in [-0.1, -0.05) is 56.3 Å². The fourth-order valence-electron chi connectivity index (χ4n) is 2.23. The fraction of sp³-hybridized carbons (Fsp3) is 0.471. The van der Waals surface area contributed by atoms with Gasteiger partial charge in [-0.15, -0.1) is 0 Å². The van der Waals surface area contributed by atoms with Crippen LogP contribution in [0.3, 0.4) is 0 Å². The number of rotatable bonds is 7. The highest BCUT2D eigenvalue weighted by atomic mass is 32.2. The number of amides is 1. The van der Waals surface area contributed by atoms with Crippen LogP contribution >= 0.6 is 0 Å². The smallest absolute Gasteiger partial charge is 0.267 e. The van der Waals surface area contributed by atoms with Crippen molar-refractivity contribution in [3.8, 4) is 0 Å². The second-order valence-electron chi connectivity index (χ2n) is 6.47. The average molecular weight is 339 g/mol. The van der Waals surface area contributed by atoms with Gasteiger partial charge in [-0.3, -0.25) is 9.35 Å². The Hall–Kier alpha value is -1.66. The molecule has 0 bridgehead atoms. The van der Waals surface area contributed by atoms with Gasteiger partial charge in [0.05, 0.1) is 17.2 Å². The molecule has 5 nitrogen and oxygen atoms in total. The van der Waals surface area contributed by atoms with Crippen molar-refractivity contribution in [3.05, 3.63) is 48.0 Å². The molecule has 6 heteroatoms. The first kappa shape index (κ1) is 19.4. The van der Waals surface area contributed by atoms with E-state index in [-0.39, 0.29) is 11.8 Å². The van der Waals surface area contributed by atoms with Crippen molar-refractivity contribution in [2.45, 2.75) is 39.2 Å². The molecular weight excluding hydrogens is 314 g/mol. The zero-order valence-electron chi connectivity index (χ0n) is 14.0. The summed E-state index contributed by atoms with van der Waals surface area (Å²) >= 11 is 0. The molecule has 1 aromatic carbocycles. The zero-order chi connectivity index (χ0) is 17.7. The predicted octanol–water partition coefficient (Wildman–Crippen LogP) is 2.76. The summed E-state index contributed by atoms with van der Waals surface area (Å²) < 4.78 is 30.8. The number of carbonyl (C=O) groups excluding carboxylic acids is 1. The molecule has 0 spiro atoms. The van der Waals surface area contributed by atoms with Crippen LogP contribution in [0.4, 0.5) is 0 Å². The molecule has 2 N–H and O–H groups in total. The van der Waals surface area contributed by atoms with Crippen LogP contribution in [0.1, 0.15) is 39.2 Å². The van der Waals surface area contributed by atoms with Crippen molar-refractivity contribution in [3.63, 3.8) is 0 Å². The molecule has 0 saturated carbocycles. The number of benzene rings is 1. The lowest BCUT2D eigenvalue weighted by Gasteiger charge is -2.26. The Morgan fingerprint density at radius 3 is 2.30 bits per heavy atom. The van der Waals surface area contributed by atoms with Crippen LogP contribution in [-0.2, 0) is 14.9 Å². The monoisotopic (exact) mass is 339 g/mol. The summed E-state index contributed by atoms with van der Waals surface area (Å²) in [6, 6.07) is 9.93. The highest BCUT2D eigenvalue weighted by molar-refractivity contribution is 7.85. The molecule has 1 aromatic rings. The van der Waals surface area contributed by atoms with Gasteiger partial charge in [0.1, 0.15) is 0 Å². The second kappa shape index (κ2) is 7.75. The second-order valence-corrected chi connectivity index (χ2v) is 7.92. The van der Waals surface area contributed by atoms with E-state index in [0.717, 1.165) is 5.56 Å². The SMILES string of the molecule is CC(C=CC(C)c1ccccc1)C(=O)NC(C)(C)CS(=O)(=O)O. The van der Waals surface area contributed by atoms with Crippen LogP contribution < -0.4 is 5.32 Å². The molecule has 0 aliphatic heterocycles. The van der Waals surface area contributed by atoms with Crippen molar-refractivity contribution in [1.29, 1.82) is 0 Å². The number of hydrogen-bond donors (Lipinski definition) is 2. The molecule has 23 heavy (non-hydrogen) atoms. The highest BCUT2D eigenvalue weighted by Gasteiger charge is 2.27. The first-order valence-electron chi connectivity index (χ1n) is 7.50. The maximum atomic E-state index is 12.2. The van der Waals surface area contributed by atoms with Crippen molar-refractivity contribution >= 4 is 16.0 Å². The molecule has 0 aromatic heterocycles. The van der Waals surface area contributed by atoms with Gasteiger partial charge < -0.3 is 5.32 Å². The average Bonchev–Trinajstić information content (AvgIpc) is 2.42. The Morgan fingerprint density at radius 2 is 1.78 bits per heavy atom.